The number of sulfonamides is 1. The number of aromatic nitrogens is 2. The van der Waals surface area contributed by atoms with Crippen molar-refractivity contribution >= 4 is 21.6 Å². The number of amides is 1. The summed E-state index contributed by atoms with van der Waals surface area (Å²) in [6.07, 6.45) is 8.92. The molecule has 0 saturated carbocycles. The van der Waals surface area contributed by atoms with Crippen LogP contribution in [0.25, 0.3) is 5.65 Å². The summed E-state index contributed by atoms with van der Waals surface area (Å²) in [5.41, 5.74) is 2.16. The number of imidazole rings is 1. The number of carbonyl (C=O) groups excluding carboxylic acids is 1. The Kier molecular flexibility index (Phi) is 5.87. The zero-order valence-corrected chi connectivity index (χ0v) is 17.8. The molecule has 1 atom stereocenters. The second kappa shape index (κ2) is 8.57. The van der Waals surface area contributed by atoms with E-state index in [1.807, 2.05) is 0 Å². The van der Waals surface area contributed by atoms with Crippen LogP contribution >= 0.6 is 0 Å². The molecule has 2 aromatic heterocycles. The topological polar surface area (TPSA) is 83.8 Å². The Bertz CT molecular complexity index is 1140. The minimum absolute atomic E-state index is 0.104. The summed E-state index contributed by atoms with van der Waals surface area (Å²) in [4.78, 5) is 16.9. The third-order valence-corrected chi connectivity index (χ3v) is 7.55. The highest BCUT2D eigenvalue weighted by Crippen LogP contribution is 2.28. The van der Waals surface area contributed by atoms with E-state index in [4.69, 9.17) is 0 Å². The minimum atomic E-state index is -3.48. The highest BCUT2D eigenvalue weighted by molar-refractivity contribution is 7.89. The molecule has 1 aliphatic heterocycles. The average molecular weight is 427 g/mol. The highest BCUT2D eigenvalue weighted by atomic mass is 32.2. The van der Waals surface area contributed by atoms with E-state index in [0.29, 0.717) is 23.5 Å². The van der Waals surface area contributed by atoms with Gasteiger partial charge in [0.05, 0.1) is 10.5 Å². The Labute approximate surface area is 176 Å². The molecular weight excluding hydrogens is 400 g/mol. The van der Waals surface area contributed by atoms with Gasteiger partial charge in [0, 0.05) is 37.7 Å². The number of nitrogens with zero attached hydrogens (tertiary/aromatic N) is 3. The summed E-state index contributed by atoms with van der Waals surface area (Å²) in [6, 6.07) is 10.4. The fourth-order valence-electron chi connectivity index (χ4n) is 4.00. The largest absolute Gasteiger partial charge is 0.348 e. The third kappa shape index (κ3) is 4.11. The maximum absolute atomic E-state index is 13.0. The number of rotatable bonds is 7. The fraction of sp³-hybridized carbons (Fsp3) is 0.364. The molecule has 8 heteroatoms. The Morgan fingerprint density at radius 2 is 2.00 bits per heavy atom. The van der Waals surface area contributed by atoms with Gasteiger partial charge < -0.3 is 9.72 Å². The van der Waals surface area contributed by atoms with E-state index in [1.54, 1.807) is 63.7 Å². The first-order valence-corrected chi connectivity index (χ1v) is 11.7. The van der Waals surface area contributed by atoms with Gasteiger partial charge in [-0.2, -0.15) is 4.31 Å². The van der Waals surface area contributed by atoms with Crippen LogP contribution in [-0.2, 0) is 16.6 Å². The summed E-state index contributed by atoms with van der Waals surface area (Å²) < 4.78 is 29.5. The first-order chi connectivity index (χ1) is 14.5. The van der Waals surface area contributed by atoms with Gasteiger partial charge in [-0.05, 0) is 49.1 Å². The molecule has 0 aliphatic carbocycles. The van der Waals surface area contributed by atoms with Gasteiger partial charge in [-0.25, -0.2) is 13.4 Å². The van der Waals surface area contributed by atoms with Crippen molar-refractivity contribution in [2.45, 2.75) is 50.1 Å². The monoisotopic (exact) mass is 426 g/mol. The minimum Gasteiger partial charge on any atom is -0.348 e. The Morgan fingerprint density at radius 3 is 2.77 bits per heavy atom. The summed E-state index contributed by atoms with van der Waals surface area (Å²) in [5.74, 6) is -0.193. The van der Waals surface area contributed by atoms with Crippen LogP contribution in [0.15, 0.2) is 59.9 Å². The van der Waals surface area contributed by atoms with Crippen LogP contribution in [0.1, 0.15) is 48.5 Å². The number of carbonyl (C=O) groups is 1. The lowest BCUT2D eigenvalue weighted by molar-refractivity contribution is 0.0950. The third-order valence-electron chi connectivity index (χ3n) is 5.58. The highest BCUT2D eigenvalue weighted by Gasteiger charge is 2.34. The summed E-state index contributed by atoms with van der Waals surface area (Å²) in [5, 5.41) is 2.88. The first kappa shape index (κ1) is 20.6. The van der Waals surface area contributed by atoms with Crippen molar-refractivity contribution in [2.24, 2.45) is 0 Å². The lowest BCUT2D eigenvalue weighted by atomic mass is 10.1. The Hall–Kier alpha value is -2.71. The van der Waals surface area contributed by atoms with Crippen LogP contribution in [0.5, 0.6) is 0 Å². The smallest absolute Gasteiger partial charge is 0.253 e. The Balaban J connectivity index is 1.41. The van der Waals surface area contributed by atoms with E-state index in [9.17, 15) is 13.2 Å². The molecule has 3 heterocycles. The predicted molar refractivity (Wildman–Crippen MR) is 115 cm³/mol. The van der Waals surface area contributed by atoms with Gasteiger partial charge >= 0.3 is 0 Å². The van der Waals surface area contributed by atoms with Crippen LogP contribution in [0.3, 0.4) is 0 Å². The van der Waals surface area contributed by atoms with Gasteiger partial charge in [-0.1, -0.05) is 25.5 Å². The van der Waals surface area contributed by atoms with Gasteiger partial charge in [0.1, 0.15) is 5.65 Å². The average Bonchev–Trinajstić information content (AvgIpc) is 3.41. The molecule has 0 radical (unpaired) electrons. The quantitative estimate of drug-likeness (QED) is 0.629. The molecular formula is C22H26N4O3S. The molecule has 1 aliphatic rings. The maximum atomic E-state index is 13.0. The second-order valence-corrected chi connectivity index (χ2v) is 9.53. The maximum Gasteiger partial charge on any atom is 0.253 e. The first-order valence-electron chi connectivity index (χ1n) is 10.3. The SMILES string of the molecule is CCC[C@@H]1CCCN1S(=O)(=O)c1ccc(CNC(=O)c2ccc3nccn3c2)cc1. The summed E-state index contributed by atoms with van der Waals surface area (Å²) in [7, 11) is -3.48. The predicted octanol–water partition coefficient (Wildman–Crippen LogP) is 3.22. The number of benzene rings is 1. The van der Waals surface area contributed by atoms with E-state index in [0.717, 1.165) is 36.9 Å². The number of fused-ring (bicyclic) bond motifs is 1. The van der Waals surface area contributed by atoms with Crippen LogP contribution in [-0.4, -0.2) is 40.6 Å². The number of hydrogen-bond acceptors (Lipinski definition) is 4. The molecule has 30 heavy (non-hydrogen) atoms. The molecule has 158 valence electrons. The molecule has 1 amide bonds. The summed E-state index contributed by atoms with van der Waals surface area (Å²) in [6.45, 7) is 3.00. The molecule has 1 aromatic carbocycles. The second-order valence-electron chi connectivity index (χ2n) is 7.64. The van der Waals surface area contributed by atoms with Crippen LogP contribution in [0, 0.1) is 0 Å². The number of hydrogen-bond donors (Lipinski definition) is 1. The van der Waals surface area contributed by atoms with E-state index < -0.39 is 10.0 Å². The van der Waals surface area contributed by atoms with Crippen LogP contribution < -0.4 is 5.32 Å². The number of nitrogens with one attached hydrogen (secondary N) is 1. The van der Waals surface area contributed by atoms with Crippen molar-refractivity contribution in [3.05, 3.63) is 66.1 Å². The lowest BCUT2D eigenvalue weighted by Crippen LogP contribution is -2.35. The van der Waals surface area contributed by atoms with Gasteiger partial charge in [-0.15, -0.1) is 0 Å². The molecule has 0 unspecified atom stereocenters. The van der Waals surface area contributed by atoms with Gasteiger partial charge in [0.2, 0.25) is 10.0 Å². The molecule has 3 aromatic rings. The molecule has 7 nitrogen and oxygen atoms in total. The van der Waals surface area contributed by atoms with Crippen molar-refractivity contribution in [2.75, 3.05) is 6.54 Å². The molecule has 0 spiro atoms. The zero-order chi connectivity index (χ0) is 21.1. The van der Waals surface area contributed by atoms with E-state index >= 15 is 0 Å². The normalized spacial score (nSPS) is 17.4. The van der Waals surface area contributed by atoms with E-state index in [2.05, 4.69) is 17.2 Å². The number of pyridine rings is 1. The fourth-order valence-corrected chi connectivity index (χ4v) is 5.72. The van der Waals surface area contributed by atoms with Gasteiger partial charge in [0.15, 0.2) is 0 Å². The van der Waals surface area contributed by atoms with Crippen LogP contribution in [0.4, 0.5) is 0 Å². The molecule has 0 bridgehead atoms. The Morgan fingerprint density at radius 1 is 1.20 bits per heavy atom. The van der Waals surface area contributed by atoms with Crippen molar-refractivity contribution in [1.29, 1.82) is 0 Å². The zero-order valence-electron chi connectivity index (χ0n) is 17.0. The van der Waals surface area contributed by atoms with Crippen molar-refractivity contribution in [3.8, 4) is 0 Å². The van der Waals surface area contributed by atoms with E-state index in [1.165, 1.54) is 0 Å². The molecule has 1 N–H and O–H groups in total. The lowest BCUT2D eigenvalue weighted by Gasteiger charge is -2.23. The molecule has 4 rings (SSSR count). The van der Waals surface area contributed by atoms with Crippen LogP contribution in [0.2, 0.25) is 0 Å². The van der Waals surface area contributed by atoms with Gasteiger partial charge in [0.25, 0.3) is 5.91 Å². The molecule has 1 saturated heterocycles. The van der Waals surface area contributed by atoms with Gasteiger partial charge in [-0.3, -0.25) is 4.79 Å². The molecule has 1 fully saturated rings. The van der Waals surface area contributed by atoms with Crippen molar-refractivity contribution in [1.82, 2.24) is 19.0 Å². The standard InChI is InChI=1S/C22H26N4O3S/c1-2-4-19-5-3-13-26(19)30(28,29)20-9-6-17(7-10-20)15-24-22(27)18-8-11-21-23-12-14-25(21)16-18/h6-12,14,16,19H,2-5,13,15H2,1H3,(H,24,27)/t19-/m1/s1. The summed E-state index contributed by atoms with van der Waals surface area (Å²) >= 11 is 0. The van der Waals surface area contributed by atoms with Crippen molar-refractivity contribution in [3.63, 3.8) is 0 Å². The van der Waals surface area contributed by atoms with E-state index in [-0.39, 0.29) is 11.9 Å². The van der Waals surface area contributed by atoms with Crippen molar-refractivity contribution < 1.29 is 13.2 Å².